The number of carbonyl (C=O) groups is 2. The molecule has 2 aliphatic rings. The van der Waals surface area contributed by atoms with Gasteiger partial charge in [-0.2, -0.15) is 5.10 Å². The molecule has 6 heteroatoms. The van der Waals surface area contributed by atoms with E-state index in [0.717, 1.165) is 35.6 Å². The molecule has 2 amide bonds. The molecular weight excluding hydrogens is 328 g/mol. The normalized spacial score (nSPS) is 22.2. The summed E-state index contributed by atoms with van der Waals surface area (Å²) in [6, 6.07) is 10.1. The van der Waals surface area contributed by atoms with E-state index in [0.29, 0.717) is 25.3 Å². The van der Waals surface area contributed by atoms with Crippen molar-refractivity contribution in [1.29, 1.82) is 0 Å². The van der Waals surface area contributed by atoms with E-state index in [2.05, 4.69) is 10.4 Å². The standard InChI is InChI=1S/C20H24N4O2/c1-13-17(14(2)24(22-13)16-6-4-3-5-7-16)11-20(26)23-9-8-15-10-19(25)21-18(15)12-23/h3-7,15,18H,8-12H2,1-2H3,(H,21,25)/t15-,18-/m1/s1. The van der Waals surface area contributed by atoms with Gasteiger partial charge in [0.15, 0.2) is 0 Å². The lowest BCUT2D eigenvalue weighted by molar-refractivity contribution is -0.132. The highest BCUT2D eigenvalue weighted by Crippen LogP contribution is 2.27. The molecule has 6 nitrogen and oxygen atoms in total. The molecule has 2 fully saturated rings. The number of nitrogens with zero attached hydrogens (tertiary/aromatic N) is 3. The van der Waals surface area contributed by atoms with Crippen LogP contribution in [0.3, 0.4) is 0 Å². The van der Waals surface area contributed by atoms with E-state index in [4.69, 9.17) is 0 Å². The number of benzene rings is 1. The fourth-order valence-electron chi connectivity index (χ4n) is 4.15. The van der Waals surface area contributed by atoms with Crippen LogP contribution < -0.4 is 5.32 Å². The maximum Gasteiger partial charge on any atom is 0.227 e. The number of amides is 2. The number of likely N-dealkylation sites (tertiary alicyclic amines) is 1. The van der Waals surface area contributed by atoms with Gasteiger partial charge < -0.3 is 10.2 Å². The van der Waals surface area contributed by atoms with Gasteiger partial charge in [0.1, 0.15) is 0 Å². The van der Waals surface area contributed by atoms with Crippen LogP contribution in [0.4, 0.5) is 0 Å². The first-order valence-corrected chi connectivity index (χ1v) is 9.20. The van der Waals surface area contributed by atoms with Gasteiger partial charge in [0, 0.05) is 36.8 Å². The average molecular weight is 352 g/mol. The smallest absolute Gasteiger partial charge is 0.227 e. The Bertz CT molecular complexity index is 843. The molecule has 0 saturated carbocycles. The summed E-state index contributed by atoms with van der Waals surface area (Å²) in [6.07, 6.45) is 1.86. The lowest BCUT2D eigenvalue weighted by Gasteiger charge is -2.34. The Hall–Kier alpha value is -2.63. The van der Waals surface area contributed by atoms with Gasteiger partial charge in [0.05, 0.1) is 17.8 Å². The van der Waals surface area contributed by atoms with Crippen molar-refractivity contribution < 1.29 is 9.59 Å². The van der Waals surface area contributed by atoms with Gasteiger partial charge in [0.25, 0.3) is 0 Å². The highest BCUT2D eigenvalue weighted by atomic mass is 16.2. The number of aryl methyl sites for hydroxylation is 1. The van der Waals surface area contributed by atoms with Crippen LogP contribution in [-0.4, -0.2) is 45.6 Å². The Kier molecular flexibility index (Phi) is 4.26. The van der Waals surface area contributed by atoms with Crippen molar-refractivity contribution in [2.75, 3.05) is 13.1 Å². The van der Waals surface area contributed by atoms with Crippen molar-refractivity contribution >= 4 is 11.8 Å². The van der Waals surface area contributed by atoms with Crippen LogP contribution in [0.15, 0.2) is 30.3 Å². The van der Waals surface area contributed by atoms with Gasteiger partial charge in [-0.15, -0.1) is 0 Å². The monoisotopic (exact) mass is 352 g/mol. The predicted molar refractivity (Wildman–Crippen MR) is 98.0 cm³/mol. The summed E-state index contributed by atoms with van der Waals surface area (Å²) in [5, 5.41) is 7.63. The third-order valence-electron chi connectivity index (χ3n) is 5.67. The first-order valence-electron chi connectivity index (χ1n) is 9.20. The topological polar surface area (TPSA) is 67.2 Å². The van der Waals surface area contributed by atoms with Crippen molar-refractivity contribution in [3.63, 3.8) is 0 Å². The first-order chi connectivity index (χ1) is 12.5. The maximum absolute atomic E-state index is 12.9. The van der Waals surface area contributed by atoms with Gasteiger partial charge in [0.2, 0.25) is 11.8 Å². The Labute approximate surface area is 153 Å². The summed E-state index contributed by atoms with van der Waals surface area (Å²) >= 11 is 0. The molecule has 2 saturated heterocycles. The second-order valence-electron chi connectivity index (χ2n) is 7.34. The van der Waals surface area contributed by atoms with E-state index in [9.17, 15) is 9.59 Å². The molecule has 0 aliphatic carbocycles. The quantitative estimate of drug-likeness (QED) is 0.915. The van der Waals surface area contributed by atoms with Gasteiger partial charge >= 0.3 is 0 Å². The largest absolute Gasteiger partial charge is 0.351 e. The van der Waals surface area contributed by atoms with E-state index in [-0.39, 0.29) is 17.9 Å². The van der Waals surface area contributed by atoms with Gasteiger partial charge in [-0.25, -0.2) is 4.68 Å². The van der Waals surface area contributed by atoms with Crippen molar-refractivity contribution in [2.45, 2.75) is 39.2 Å². The Morgan fingerprint density at radius 2 is 2.04 bits per heavy atom. The highest BCUT2D eigenvalue weighted by Gasteiger charge is 2.38. The molecule has 3 heterocycles. The molecule has 2 aromatic rings. The third kappa shape index (κ3) is 3.00. The highest BCUT2D eigenvalue weighted by molar-refractivity contribution is 5.81. The van der Waals surface area contributed by atoms with E-state index in [1.54, 1.807) is 0 Å². The zero-order valence-electron chi connectivity index (χ0n) is 15.2. The molecule has 2 atom stereocenters. The summed E-state index contributed by atoms with van der Waals surface area (Å²) in [5.74, 6) is 0.615. The van der Waals surface area contributed by atoms with Crippen molar-refractivity contribution in [3.05, 3.63) is 47.3 Å². The molecule has 26 heavy (non-hydrogen) atoms. The number of piperidine rings is 1. The van der Waals surface area contributed by atoms with Crippen LogP contribution in [0.2, 0.25) is 0 Å². The van der Waals surface area contributed by atoms with Gasteiger partial charge in [-0.1, -0.05) is 18.2 Å². The summed E-state index contributed by atoms with van der Waals surface area (Å²) in [5.41, 5.74) is 3.90. The SMILES string of the molecule is Cc1nn(-c2ccccc2)c(C)c1CC(=O)N1CC[C@@H]2CC(=O)N[C@@H]2C1. The molecule has 0 bridgehead atoms. The molecule has 2 aliphatic heterocycles. The van der Waals surface area contributed by atoms with E-state index in [1.807, 2.05) is 53.8 Å². The van der Waals surface area contributed by atoms with Crippen LogP contribution in [-0.2, 0) is 16.0 Å². The van der Waals surface area contributed by atoms with E-state index >= 15 is 0 Å². The molecular formula is C20H24N4O2. The number of rotatable bonds is 3. The van der Waals surface area contributed by atoms with Crippen molar-refractivity contribution in [1.82, 2.24) is 20.0 Å². The summed E-state index contributed by atoms with van der Waals surface area (Å²) in [6.45, 7) is 5.33. The van der Waals surface area contributed by atoms with Crippen LogP contribution in [0.25, 0.3) is 5.69 Å². The molecule has 1 aromatic heterocycles. The zero-order chi connectivity index (χ0) is 18.3. The number of hydrogen-bond donors (Lipinski definition) is 1. The molecule has 0 spiro atoms. The summed E-state index contributed by atoms with van der Waals surface area (Å²) in [4.78, 5) is 26.3. The minimum absolute atomic E-state index is 0.114. The average Bonchev–Trinajstić information content (AvgIpc) is 3.15. The Morgan fingerprint density at radius 3 is 2.81 bits per heavy atom. The zero-order valence-corrected chi connectivity index (χ0v) is 15.2. The number of para-hydroxylation sites is 1. The lowest BCUT2D eigenvalue weighted by atomic mass is 9.92. The molecule has 0 radical (unpaired) electrons. The van der Waals surface area contributed by atoms with Crippen LogP contribution in [0.1, 0.15) is 29.8 Å². The summed E-state index contributed by atoms with van der Waals surface area (Å²) < 4.78 is 1.90. The van der Waals surface area contributed by atoms with E-state index < -0.39 is 0 Å². The van der Waals surface area contributed by atoms with Gasteiger partial charge in [-0.3, -0.25) is 9.59 Å². The van der Waals surface area contributed by atoms with Gasteiger partial charge in [-0.05, 0) is 38.3 Å². The first kappa shape index (κ1) is 16.8. The van der Waals surface area contributed by atoms with Crippen molar-refractivity contribution in [3.8, 4) is 5.69 Å². The van der Waals surface area contributed by atoms with Crippen LogP contribution in [0, 0.1) is 19.8 Å². The molecule has 136 valence electrons. The fraction of sp³-hybridized carbons (Fsp3) is 0.450. The molecule has 1 N–H and O–H groups in total. The number of hydrogen-bond acceptors (Lipinski definition) is 3. The Balaban J connectivity index is 1.50. The molecule has 0 unspecified atom stereocenters. The Morgan fingerprint density at radius 1 is 1.27 bits per heavy atom. The number of nitrogens with one attached hydrogen (secondary N) is 1. The molecule has 1 aromatic carbocycles. The number of carbonyl (C=O) groups excluding carboxylic acids is 2. The third-order valence-corrected chi connectivity index (χ3v) is 5.67. The lowest BCUT2D eigenvalue weighted by Crippen LogP contribution is -2.49. The minimum atomic E-state index is 0.114. The fourth-order valence-corrected chi connectivity index (χ4v) is 4.15. The number of fused-ring (bicyclic) bond motifs is 1. The van der Waals surface area contributed by atoms with Crippen LogP contribution >= 0.6 is 0 Å². The van der Waals surface area contributed by atoms with Crippen molar-refractivity contribution in [2.24, 2.45) is 5.92 Å². The minimum Gasteiger partial charge on any atom is -0.351 e. The predicted octanol–water partition coefficient (Wildman–Crippen LogP) is 1.77. The van der Waals surface area contributed by atoms with Crippen LogP contribution in [0.5, 0.6) is 0 Å². The molecule has 4 rings (SSSR count). The van der Waals surface area contributed by atoms with E-state index in [1.165, 1.54) is 0 Å². The second-order valence-corrected chi connectivity index (χ2v) is 7.34. The maximum atomic E-state index is 12.9. The number of aromatic nitrogens is 2. The second kappa shape index (κ2) is 6.59. The summed E-state index contributed by atoms with van der Waals surface area (Å²) in [7, 11) is 0.